The van der Waals surface area contributed by atoms with Crippen molar-refractivity contribution in [2.75, 3.05) is 7.05 Å². The number of ether oxygens (including phenoxy) is 1. The molecule has 0 bridgehead atoms. The Morgan fingerprint density at radius 1 is 1.39 bits per heavy atom. The molecule has 2 nitrogen and oxygen atoms in total. The Morgan fingerprint density at radius 3 is 2.72 bits per heavy atom. The molecule has 0 amide bonds. The van der Waals surface area contributed by atoms with Crippen LogP contribution in [0.25, 0.3) is 0 Å². The van der Waals surface area contributed by atoms with Crippen LogP contribution < -0.4 is 10.1 Å². The summed E-state index contributed by atoms with van der Waals surface area (Å²) in [6.45, 7) is 6.64. The molecular weight excluding hydrogens is 229 g/mol. The van der Waals surface area contributed by atoms with Gasteiger partial charge in [-0.25, -0.2) is 4.39 Å². The van der Waals surface area contributed by atoms with Crippen molar-refractivity contribution in [3.05, 3.63) is 29.6 Å². The van der Waals surface area contributed by atoms with Crippen LogP contribution in [0.2, 0.25) is 0 Å². The average Bonchev–Trinajstić information content (AvgIpc) is 2.26. The molecule has 2 rings (SSSR count). The van der Waals surface area contributed by atoms with E-state index in [-0.39, 0.29) is 23.4 Å². The largest absolute Gasteiger partial charge is 0.490 e. The topological polar surface area (TPSA) is 21.3 Å². The van der Waals surface area contributed by atoms with Gasteiger partial charge in [0.2, 0.25) is 0 Å². The fraction of sp³-hybridized carbons (Fsp3) is 0.600. The van der Waals surface area contributed by atoms with Crippen molar-refractivity contribution in [1.29, 1.82) is 0 Å². The van der Waals surface area contributed by atoms with Gasteiger partial charge in [0.05, 0.1) is 0 Å². The van der Waals surface area contributed by atoms with E-state index < -0.39 is 0 Å². The van der Waals surface area contributed by atoms with Gasteiger partial charge in [-0.15, -0.1) is 0 Å². The molecule has 1 aliphatic rings. The van der Waals surface area contributed by atoms with E-state index in [0.717, 1.165) is 24.2 Å². The molecule has 100 valence electrons. The molecular formula is C15H22FNO. The highest BCUT2D eigenvalue weighted by Gasteiger charge is 2.30. The number of hydrogen-bond donors (Lipinski definition) is 1. The van der Waals surface area contributed by atoms with E-state index in [2.05, 4.69) is 26.1 Å². The lowest BCUT2D eigenvalue weighted by Crippen LogP contribution is -2.34. The molecule has 1 heterocycles. The summed E-state index contributed by atoms with van der Waals surface area (Å²) in [7, 11) is 1.92. The van der Waals surface area contributed by atoms with E-state index in [1.54, 1.807) is 12.1 Å². The molecule has 0 saturated heterocycles. The molecule has 2 atom stereocenters. The zero-order valence-corrected chi connectivity index (χ0v) is 11.6. The van der Waals surface area contributed by atoms with E-state index in [9.17, 15) is 4.39 Å². The van der Waals surface area contributed by atoms with Crippen LogP contribution in [-0.2, 0) is 0 Å². The highest BCUT2D eigenvalue weighted by molar-refractivity contribution is 5.38. The maximum Gasteiger partial charge on any atom is 0.124 e. The van der Waals surface area contributed by atoms with Gasteiger partial charge in [-0.05, 0) is 37.1 Å². The minimum atomic E-state index is -0.202. The Morgan fingerprint density at radius 2 is 2.11 bits per heavy atom. The molecule has 0 aliphatic carbocycles. The fourth-order valence-corrected chi connectivity index (χ4v) is 2.60. The van der Waals surface area contributed by atoms with E-state index in [4.69, 9.17) is 4.74 Å². The summed E-state index contributed by atoms with van der Waals surface area (Å²) in [6, 6.07) is 4.95. The van der Waals surface area contributed by atoms with E-state index in [1.807, 2.05) is 7.05 Å². The number of halogens is 1. The van der Waals surface area contributed by atoms with Gasteiger partial charge < -0.3 is 10.1 Å². The third-order valence-corrected chi connectivity index (χ3v) is 3.33. The summed E-state index contributed by atoms with van der Waals surface area (Å²) >= 11 is 0. The van der Waals surface area contributed by atoms with Gasteiger partial charge >= 0.3 is 0 Å². The molecule has 1 aliphatic heterocycles. The average molecular weight is 251 g/mol. The van der Waals surface area contributed by atoms with Gasteiger partial charge in [0.25, 0.3) is 0 Å². The SMILES string of the molecule is CNC1CC(CC(C)(C)C)Oc2ccc(F)cc21. The molecule has 1 aromatic rings. The summed E-state index contributed by atoms with van der Waals surface area (Å²) in [5.41, 5.74) is 1.17. The molecule has 0 aromatic heterocycles. The summed E-state index contributed by atoms with van der Waals surface area (Å²) < 4.78 is 19.3. The first-order chi connectivity index (χ1) is 8.39. The Hall–Kier alpha value is -1.09. The van der Waals surface area contributed by atoms with Gasteiger partial charge in [-0.3, -0.25) is 0 Å². The second-order valence-corrected chi connectivity index (χ2v) is 6.26. The van der Waals surface area contributed by atoms with E-state index >= 15 is 0 Å². The van der Waals surface area contributed by atoms with Crippen LogP contribution in [0.1, 0.15) is 45.2 Å². The van der Waals surface area contributed by atoms with E-state index in [0.29, 0.717) is 0 Å². The molecule has 0 fully saturated rings. The lowest BCUT2D eigenvalue weighted by Gasteiger charge is -2.35. The van der Waals surface area contributed by atoms with Crippen LogP contribution in [-0.4, -0.2) is 13.2 Å². The predicted molar refractivity (Wildman–Crippen MR) is 71.3 cm³/mol. The first kappa shape index (κ1) is 13.3. The van der Waals surface area contributed by atoms with Crippen molar-refractivity contribution < 1.29 is 9.13 Å². The number of nitrogens with one attached hydrogen (secondary N) is 1. The number of hydrogen-bond acceptors (Lipinski definition) is 2. The summed E-state index contributed by atoms with van der Waals surface area (Å²) in [6.07, 6.45) is 2.09. The van der Waals surface area contributed by atoms with Crippen LogP contribution in [0.15, 0.2) is 18.2 Å². The minimum absolute atomic E-state index is 0.178. The fourth-order valence-electron chi connectivity index (χ4n) is 2.60. The first-order valence-corrected chi connectivity index (χ1v) is 6.52. The maximum atomic E-state index is 13.3. The third-order valence-electron chi connectivity index (χ3n) is 3.33. The lowest BCUT2D eigenvalue weighted by molar-refractivity contribution is 0.106. The Kier molecular flexibility index (Phi) is 3.62. The third kappa shape index (κ3) is 3.02. The molecule has 3 heteroatoms. The number of rotatable bonds is 2. The molecule has 0 saturated carbocycles. The maximum absolute atomic E-state index is 13.3. The van der Waals surface area contributed by atoms with Crippen LogP contribution in [0.4, 0.5) is 4.39 Å². The first-order valence-electron chi connectivity index (χ1n) is 6.52. The van der Waals surface area contributed by atoms with Crippen LogP contribution in [0, 0.1) is 11.2 Å². The minimum Gasteiger partial charge on any atom is -0.490 e. The number of fused-ring (bicyclic) bond motifs is 1. The predicted octanol–water partition coefficient (Wildman–Crippen LogP) is 3.67. The van der Waals surface area contributed by atoms with Crippen molar-refractivity contribution in [2.45, 2.75) is 45.8 Å². The summed E-state index contributed by atoms with van der Waals surface area (Å²) in [5.74, 6) is 0.614. The van der Waals surface area contributed by atoms with Gasteiger partial charge in [0.15, 0.2) is 0 Å². The summed E-state index contributed by atoms with van der Waals surface area (Å²) in [5, 5.41) is 3.26. The smallest absolute Gasteiger partial charge is 0.124 e. The molecule has 0 spiro atoms. The van der Waals surface area contributed by atoms with Gasteiger partial charge in [0, 0.05) is 18.0 Å². The normalized spacial score (nSPS) is 23.4. The molecule has 18 heavy (non-hydrogen) atoms. The zero-order chi connectivity index (χ0) is 13.3. The van der Waals surface area contributed by atoms with Crippen molar-refractivity contribution >= 4 is 0 Å². The molecule has 0 radical (unpaired) electrons. The Bertz CT molecular complexity index is 425. The molecule has 2 unspecified atom stereocenters. The second-order valence-electron chi connectivity index (χ2n) is 6.26. The van der Waals surface area contributed by atoms with Crippen molar-refractivity contribution in [3.63, 3.8) is 0 Å². The van der Waals surface area contributed by atoms with Crippen molar-refractivity contribution in [2.24, 2.45) is 5.41 Å². The van der Waals surface area contributed by atoms with Crippen molar-refractivity contribution in [1.82, 2.24) is 5.32 Å². The molecule has 1 aromatic carbocycles. The van der Waals surface area contributed by atoms with Gasteiger partial charge in [0.1, 0.15) is 17.7 Å². The highest BCUT2D eigenvalue weighted by atomic mass is 19.1. The monoisotopic (exact) mass is 251 g/mol. The zero-order valence-electron chi connectivity index (χ0n) is 11.6. The highest BCUT2D eigenvalue weighted by Crippen LogP contribution is 2.38. The Balaban J connectivity index is 2.23. The van der Waals surface area contributed by atoms with Crippen LogP contribution >= 0.6 is 0 Å². The van der Waals surface area contributed by atoms with Gasteiger partial charge in [-0.2, -0.15) is 0 Å². The standard InChI is InChI=1S/C15H22FNO/c1-15(2,3)9-11-8-13(17-4)12-7-10(16)5-6-14(12)18-11/h5-7,11,13,17H,8-9H2,1-4H3. The Labute approximate surface area is 109 Å². The second kappa shape index (κ2) is 4.88. The quantitative estimate of drug-likeness (QED) is 0.866. The summed E-state index contributed by atoms with van der Waals surface area (Å²) in [4.78, 5) is 0. The molecule has 1 N–H and O–H groups in total. The lowest BCUT2D eigenvalue weighted by atomic mass is 9.85. The number of benzene rings is 1. The van der Waals surface area contributed by atoms with Crippen LogP contribution in [0.5, 0.6) is 5.75 Å². The van der Waals surface area contributed by atoms with Gasteiger partial charge in [-0.1, -0.05) is 20.8 Å². The van der Waals surface area contributed by atoms with E-state index in [1.165, 1.54) is 6.07 Å². The van der Waals surface area contributed by atoms with Crippen molar-refractivity contribution in [3.8, 4) is 5.75 Å². The van der Waals surface area contributed by atoms with Crippen LogP contribution in [0.3, 0.4) is 0 Å².